The molecule has 0 saturated heterocycles. The molecule has 0 bridgehead atoms. The Hall–Kier alpha value is -3.48. The standard InChI is InChI=1S/C18H17N3O4/c1-23-14-7-3-12(4-8-14)16-11-17(21-25-16)20-18(22)19-13-5-9-15(24-2)10-6-13/h3-11H,1-2H3,(H2,19,20,21,22). The minimum absolute atomic E-state index is 0.317. The Morgan fingerprint density at radius 3 is 2.12 bits per heavy atom. The molecular formula is C18H17N3O4. The van der Waals surface area contributed by atoms with Crippen LogP contribution in [0.3, 0.4) is 0 Å². The van der Waals surface area contributed by atoms with Gasteiger partial charge >= 0.3 is 6.03 Å². The molecule has 0 aliphatic heterocycles. The van der Waals surface area contributed by atoms with E-state index in [1.165, 1.54) is 0 Å². The van der Waals surface area contributed by atoms with Gasteiger partial charge in [0.2, 0.25) is 0 Å². The molecule has 1 heterocycles. The summed E-state index contributed by atoms with van der Waals surface area (Å²) < 4.78 is 15.4. The van der Waals surface area contributed by atoms with Crippen molar-refractivity contribution in [2.75, 3.05) is 24.9 Å². The van der Waals surface area contributed by atoms with E-state index in [0.717, 1.165) is 11.3 Å². The average Bonchev–Trinajstić information content (AvgIpc) is 3.10. The van der Waals surface area contributed by atoms with Gasteiger partial charge in [-0.25, -0.2) is 4.79 Å². The first-order chi connectivity index (χ1) is 12.2. The van der Waals surface area contributed by atoms with E-state index < -0.39 is 6.03 Å². The van der Waals surface area contributed by atoms with Crippen LogP contribution in [0.2, 0.25) is 0 Å². The van der Waals surface area contributed by atoms with E-state index in [0.29, 0.717) is 23.0 Å². The van der Waals surface area contributed by atoms with Crippen LogP contribution in [0, 0.1) is 0 Å². The summed E-state index contributed by atoms with van der Waals surface area (Å²) in [6, 6.07) is 15.6. The molecular weight excluding hydrogens is 322 g/mol. The second-order valence-corrected chi connectivity index (χ2v) is 5.11. The first-order valence-electron chi connectivity index (χ1n) is 7.51. The van der Waals surface area contributed by atoms with E-state index in [1.54, 1.807) is 44.6 Å². The van der Waals surface area contributed by atoms with Crippen LogP contribution in [-0.2, 0) is 0 Å². The molecule has 128 valence electrons. The Bertz CT molecular complexity index is 842. The molecule has 1 aromatic heterocycles. The second-order valence-electron chi connectivity index (χ2n) is 5.11. The lowest BCUT2D eigenvalue weighted by molar-refractivity contribution is 0.262. The molecule has 2 aromatic carbocycles. The number of ether oxygens (including phenoxy) is 2. The molecule has 25 heavy (non-hydrogen) atoms. The van der Waals surface area contributed by atoms with Crippen molar-refractivity contribution in [2.24, 2.45) is 0 Å². The van der Waals surface area contributed by atoms with Gasteiger partial charge in [-0.3, -0.25) is 5.32 Å². The van der Waals surface area contributed by atoms with Gasteiger partial charge in [0.15, 0.2) is 11.6 Å². The lowest BCUT2D eigenvalue weighted by Gasteiger charge is -2.06. The summed E-state index contributed by atoms with van der Waals surface area (Å²) in [4.78, 5) is 12.0. The number of hydrogen-bond acceptors (Lipinski definition) is 5. The number of rotatable bonds is 5. The van der Waals surface area contributed by atoms with Crippen molar-refractivity contribution in [3.05, 3.63) is 54.6 Å². The van der Waals surface area contributed by atoms with Gasteiger partial charge in [-0.05, 0) is 48.5 Å². The smallest absolute Gasteiger partial charge is 0.324 e. The number of hydrogen-bond donors (Lipinski definition) is 2. The minimum atomic E-state index is -0.417. The third-order valence-corrected chi connectivity index (χ3v) is 3.47. The molecule has 0 aliphatic rings. The van der Waals surface area contributed by atoms with Crippen LogP contribution in [-0.4, -0.2) is 25.4 Å². The summed E-state index contributed by atoms with van der Waals surface area (Å²) in [5, 5.41) is 9.17. The second kappa shape index (κ2) is 7.39. The number of nitrogens with zero attached hydrogens (tertiary/aromatic N) is 1. The maximum Gasteiger partial charge on any atom is 0.324 e. The lowest BCUT2D eigenvalue weighted by Crippen LogP contribution is -2.19. The van der Waals surface area contributed by atoms with Gasteiger partial charge in [-0.15, -0.1) is 0 Å². The Morgan fingerprint density at radius 1 is 0.920 bits per heavy atom. The quantitative estimate of drug-likeness (QED) is 0.734. The van der Waals surface area contributed by atoms with Crippen LogP contribution in [0.25, 0.3) is 11.3 Å². The van der Waals surface area contributed by atoms with Gasteiger partial charge in [-0.2, -0.15) is 0 Å². The van der Waals surface area contributed by atoms with Crippen molar-refractivity contribution >= 4 is 17.5 Å². The monoisotopic (exact) mass is 339 g/mol. The fourth-order valence-corrected chi connectivity index (χ4v) is 2.18. The predicted octanol–water partition coefficient (Wildman–Crippen LogP) is 4.00. The summed E-state index contributed by atoms with van der Waals surface area (Å²) in [5.41, 5.74) is 1.47. The minimum Gasteiger partial charge on any atom is -0.497 e. The SMILES string of the molecule is COc1ccc(NC(=O)Nc2cc(-c3ccc(OC)cc3)on2)cc1. The van der Waals surface area contributed by atoms with E-state index in [2.05, 4.69) is 15.8 Å². The van der Waals surface area contributed by atoms with Gasteiger partial charge in [0.05, 0.1) is 14.2 Å². The average molecular weight is 339 g/mol. The number of benzene rings is 2. The number of urea groups is 1. The molecule has 7 nitrogen and oxygen atoms in total. The van der Waals surface area contributed by atoms with Crippen molar-refractivity contribution in [1.82, 2.24) is 5.16 Å². The first kappa shape index (κ1) is 16.4. The summed E-state index contributed by atoms with van der Waals surface area (Å²) in [6.45, 7) is 0. The molecule has 0 saturated carbocycles. The summed E-state index contributed by atoms with van der Waals surface area (Å²) in [5.74, 6) is 2.33. The van der Waals surface area contributed by atoms with E-state index in [9.17, 15) is 4.79 Å². The predicted molar refractivity (Wildman–Crippen MR) is 94.1 cm³/mol. The normalized spacial score (nSPS) is 10.2. The number of carbonyl (C=O) groups excluding carboxylic acids is 1. The third-order valence-electron chi connectivity index (χ3n) is 3.47. The maximum atomic E-state index is 12.0. The molecule has 2 amide bonds. The van der Waals surface area contributed by atoms with E-state index in [4.69, 9.17) is 14.0 Å². The van der Waals surface area contributed by atoms with Crippen molar-refractivity contribution in [3.8, 4) is 22.8 Å². The fraction of sp³-hybridized carbons (Fsp3) is 0.111. The highest BCUT2D eigenvalue weighted by molar-refractivity contribution is 5.99. The van der Waals surface area contributed by atoms with Crippen molar-refractivity contribution in [2.45, 2.75) is 0 Å². The maximum absolute atomic E-state index is 12.0. The number of nitrogens with one attached hydrogen (secondary N) is 2. The van der Waals surface area contributed by atoms with Crippen LogP contribution in [0.15, 0.2) is 59.1 Å². The van der Waals surface area contributed by atoms with Crippen molar-refractivity contribution in [3.63, 3.8) is 0 Å². The highest BCUT2D eigenvalue weighted by Gasteiger charge is 2.10. The van der Waals surface area contributed by atoms with Crippen LogP contribution in [0.5, 0.6) is 11.5 Å². The Balaban J connectivity index is 1.62. The molecule has 0 spiro atoms. The number of methoxy groups -OCH3 is 2. The zero-order valence-electron chi connectivity index (χ0n) is 13.8. The van der Waals surface area contributed by atoms with Gasteiger partial charge in [0.25, 0.3) is 0 Å². The molecule has 0 fully saturated rings. The largest absolute Gasteiger partial charge is 0.497 e. The van der Waals surface area contributed by atoms with Crippen LogP contribution < -0.4 is 20.1 Å². The van der Waals surface area contributed by atoms with Crippen LogP contribution >= 0.6 is 0 Å². The Morgan fingerprint density at radius 2 is 1.52 bits per heavy atom. The Labute approximate surface area is 144 Å². The topological polar surface area (TPSA) is 85.6 Å². The lowest BCUT2D eigenvalue weighted by atomic mass is 10.2. The van der Waals surface area contributed by atoms with Gasteiger partial charge in [0.1, 0.15) is 11.5 Å². The molecule has 3 rings (SSSR count). The van der Waals surface area contributed by atoms with Crippen molar-refractivity contribution < 1.29 is 18.8 Å². The van der Waals surface area contributed by atoms with Crippen LogP contribution in [0.4, 0.5) is 16.3 Å². The van der Waals surface area contributed by atoms with E-state index in [1.807, 2.05) is 24.3 Å². The highest BCUT2D eigenvalue weighted by Crippen LogP contribution is 2.24. The van der Waals surface area contributed by atoms with E-state index >= 15 is 0 Å². The zero-order chi connectivity index (χ0) is 17.6. The molecule has 3 aromatic rings. The zero-order valence-corrected chi connectivity index (χ0v) is 13.8. The fourth-order valence-electron chi connectivity index (χ4n) is 2.18. The summed E-state index contributed by atoms with van der Waals surface area (Å²) >= 11 is 0. The van der Waals surface area contributed by atoms with Gasteiger partial charge < -0.3 is 19.3 Å². The Kier molecular flexibility index (Phi) is 4.84. The summed E-state index contributed by atoms with van der Waals surface area (Å²) in [7, 11) is 3.19. The molecule has 0 unspecified atom stereocenters. The summed E-state index contributed by atoms with van der Waals surface area (Å²) in [6.07, 6.45) is 0. The highest BCUT2D eigenvalue weighted by atomic mass is 16.5. The number of aromatic nitrogens is 1. The van der Waals surface area contributed by atoms with E-state index in [-0.39, 0.29) is 0 Å². The molecule has 2 N–H and O–H groups in total. The van der Waals surface area contributed by atoms with Crippen molar-refractivity contribution in [1.29, 1.82) is 0 Å². The van der Waals surface area contributed by atoms with Gasteiger partial charge in [-0.1, -0.05) is 5.16 Å². The molecule has 7 heteroatoms. The third kappa shape index (κ3) is 4.08. The first-order valence-corrected chi connectivity index (χ1v) is 7.51. The van der Waals surface area contributed by atoms with Crippen LogP contribution in [0.1, 0.15) is 0 Å². The molecule has 0 radical (unpaired) electrons. The number of anilines is 2. The molecule has 0 atom stereocenters. The number of amides is 2. The number of carbonyl (C=O) groups is 1. The van der Waals surface area contributed by atoms with Gasteiger partial charge in [0, 0.05) is 17.3 Å². The molecule has 0 aliphatic carbocycles.